The van der Waals surface area contributed by atoms with Gasteiger partial charge < -0.3 is 16.4 Å². The van der Waals surface area contributed by atoms with Crippen LogP contribution in [0.5, 0.6) is 0 Å². The minimum absolute atomic E-state index is 0.239. The molecule has 0 fully saturated rings. The Hall–Kier alpha value is -3.67. The Kier molecular flexibility index (Phi) is 5.79. The molecule has 2 aromatic carbocycles. The predicted octanol–water partition coefficient (Wildman–Crippen LogP) is 2.89. The number of carbonyl (C=O) groups excluding carboxylic acids is 2. The van der Waals surface area contributed by atoms with E-state index in [4.69, 9.17) is 5.73 Å². The minimum atomic E-state index is -0.355. The molecule has 0 saturated heterocycles. The standard InChI is InChI=1S/C21H20N4O2/c22-19-11-10-16(14-24-19)20(26)25-18-9-5-4-8-17(18)21(27)23-13-12-15-6-2-1-3-7-15/h1-11,14H,12-13H2,(H2,22,24)(H,23,27)(H,25,26). The number of amides is 2. The molecule has 136 valence electrons. The van der Waals surface area contributed by atoms with Gasteiger partial charge in [-0.05, 0) is 36.2 Å². The van der Waals surface area contributed by atoms with E-state index in [1.165, 1.54) is 6.20 Å². The molecule has 0 bridgehead atoms. The molecule has 1 heterocycles. The van der Waals surface area contributed by atoms with Crippen molar-refractivity contribution in [2.24, 2.45) is 0 Å². The average Bonchev–Trinajstić information content (AvgIpc) is 2.69. The van der Waals surface area contributed by atoms with E-state index in [1.54, 1.807) is 36.4 Å². The first kappa shape index (κ1) is 18.1. The fraction of sp³-hybridized carbons (Fsp3) is 0.0952. The van der Waals surface area contributed by atoms with E-state index in [9.17, 15) is 9.59 Å². The molecular weight excluding hydrogens is 340 g/mol. The topological polar surface area (TPSA) is 97.1 Å². The molecular formula is C21H20N4O2. The molecule has 3 aromatic rings. The number of para-hydroxylation sites is 1. The van der Waals surface area contributed by atoms with Gasteiger partial charge in [0, 0.05) is 12.7 Å². The van der Waals surface area contributed by atoms with Crippen molar-refractivity contribution in [1.29, 1.82) is 0 Å². The molecule has 27 heavy (non-hydrogen) atoms. The highest BCUT2D eigenvalue weighted by molar-refractivity contribution is 6.08. The summed E-state index contributed by atoms with van der Waals surface area (Å²) in [5.41, 5.74) is 7.89. The number of nitrogen functional groups attached to an aromatic ring is 1. The summed E-state index contributed by atoms with van der Waals surface area (Å²) >= 11 is 0. The second kappa shape index (κ2) is 8.62. The zero-order valence-corrected chi connectivity index (χ0v) is 14.7. The lowest BCUT2D eigenvalue weighted by molar-refractivity contribution is 0.0955. The third-order valence-electron chi connectivity index (χ3n) is 4.01. The van der Waals surface area contributed by atoms with E-state index in [0.29, 0.717) is 29.2 Å². The molecule has 0 aliphatic carbocycles. The van der Waals surface area contributed by atoms with Crippen LogP contribution in [0, 0.1) is 0 Å². The Morgan fingerprint density at radius 3 is 2.37 bits per heavy atom. The van der Waals surface area contributed by atoms with Crippen molar-refractivity contribution in [3.8, 4) is 0 Å². The maximum Gasteiger partial charge on any atom is 0.257 e. The number of anilines is 2. The lowest BCUT2D eigenvalue weighted by atomic mass is 10.1. The monoisotopic (exact) mass is 360 g/mol. The Morgan fingerprint density at radius 2 is 1.63 bits per heavy atom. The summed E-state index contributed by atoms with van der Waals surface area (Å²) < 4.78 is 0. The van der Waals surface area contributed by atoms with Crippen molar-refractivity contribution in [3.05, 3.63) is 89.6 Å². The molecule has 2 amide bonds. The quantitative estimate of drug-likeness (QED) is 0.630. The van der Waals surface area contributed by atoms with Gasteiger partial charge in [0.05, 0.1) is 16.8 Å². The maximum absolute atomic E-state index is 12.5. The SMILES string of the molecule is Nc1ccc(C(=O)Nc2ccccc2C(=O)NCCc2ccccc2)cn1. The van der Waals surface area contributed by atoms with E-state index < -0.39 is 0 Å². The van der Waals surface area contributed by atoms with Crippen LogP contribution < -0.4 is 16.4 Å². The number of benzene rings is 2. The molecule has 3 rings (SSSR count). The normalized spacial score (nSPS) is 10.2. The minimum Gasteiger partial charge on any atom is -0.384 e. The zero-order chi connectivity index (χ0) is 19.1. The molecule has 0 unspecified atom stereocenters. The lowest BCUT2D eigenvalue weighted by Crippen LogP contribution is -2.27. The van der Waals surface area contributed by atoms with Gasteiger partial charge >= 0.3 is 0 Å². The van der Waals surface area contributed by atoms with Gasteiger partial charge in [0.25, 0.3) is 11.8 Å². The summed E-state index contributed by atoms with van der Waals surface area (Å²) in [6.45, 7) is 0.507. The molecule has 6 nitrogen and oxygen atoms in total. The molecule has 0 saturated carbocycles. The molecule has 4 N–H and O–H groups in total. The van der Waals surface area contributed by atoms with Gasteiger partial charge in [0.2, 0.25) is 0 Å². The van der Waals surface area contributed by atoms with Crippen LogP contribution in [0.2, 0.25) is 0 Å². The smallest absolute Gasteiger partial charge is 0.257 e. The van der Waals surface area contributed by atoms with Crippen LogP contribution in [0.3, 0.4) is 0 Å². The van der Waals surface area contributed by atoms with E-state index in [2.05, 4.69) is 15.6 Å². The lowest BCUT2D eigenvalue weighted by Gasteiger charge is -2.11. The summed E-state index contributed by atoms with van der Waals surface area (Å²) in [7, 11) is 0. The highest BCUT2D eigenvalue weighted by Gasteiger charge is 2.14. The number of rotatable bonds is 6. The molecule has 0 spiro atoms. The van der Waals surface area contributed by atoms with Gasteiger partial charge in [-0.3, -0.25) is 9.59 Å². The Labute approximate surface area is 157 Å². The number of hydrogen-bond acceptors (Lipinski definition) is 4. The molecule has 0 atom stereocenters. The number of nitrogens with zero attached hydrogens (tertiary/aromatic N) is 1. The van der Waals surface area contributed by atoms with Crippen LogP contribution in [-0.2, 0) is 6.42 Å². The molecule has 1 aromatic heterocycles. The Balaban J connectivity index is 1.65. The number of carbonyl (C=O) groups is 2. The molecule has 0 aliphatic rings. The maximum atomic E-state index is 12.5. The number of pyridine rings is 1. The van der Waals surface area contributed by atoms with Gasteiger partial charge in [-0.2, -0.15) is 0 Å². The largest absolute Gasteiger partial charge is 0.384 e. The molecule has 0 radical (unpaired) electrons. The first-order valence-corrected chi connectivity index (χ1v) is 8.57. The second-order valence-corrected chi connectivity index (χ2v) is 5.96. The number of aromatic nitrogens is 1. The average molecular weight is 360 g/mol. The highest BCUT2D eigenvalue weighted by Crippen LogP contribution is 2.16. The van der Waals surface area contributed by atoms with E-state index >= 15 is 0 Å². The van der Waals surface area contributed by atoms with Crippen LogP contribution in [0.4, 0.5) is 11.5 Å². The summed E-state index contributed by atoms with van der Waals surface area (Å²) in [5.74, 6) is -0.256. The van der Waals surface area contributed by atoms with Crippen LogP contribution in [0.1, 0.15) is 26.3 Å². The van der Waals surface area contributed by atoms with Crippen molar-refractivity contribution in [2.75, 3.05) is 17.6 Å². The second-order valence-electron chi connectivity index (χ2n) is 5.96. The molecule has 0 aliphatic heterocycles. The van der Waals surface area contributed by atoms with Crippen molar-refractivity contribution in [2.45, 2.75) is 6.42 Å². The van der Waals surface area contributed by atoms with Gasteiger partial charge in [-0.15, -0.1) is 0 Å². The van der Waals surface area contributed by atoms with Crippen LogP contribution >= 0.6 is 0 Å². The Morgan fingerprint density at radius 1 is 0.889 bits per heavy atom. The van der Waals surface area contributed by atoms with E-state index in [1.807, 2.05) is 30.3 Å². The number of nitrogens with two attached hydrogens (primary N) is 1. The van der Waals surface area contributed by atoms with Gasteiger partial charge in [-0.1, -0.05) is 42.5 Å². The fourth-order valence-electron chi connectivity index (χ4n) is 2.58. The number of nitrogens with one attached hydrogen (secondary N) is 2. The fourth-order valence-corrected chi connectivity index (χ4v) is 2.58. The van der Waals surface area contributed by atoms with Crippen LogP contribution in [-0.4, -0.2) is 23.3 Å². The van der Waals surface area contributed by atoms with Crippen molar-refractivity contribution >= 4 is 23.3 Å². The highest BCUT2D eigenvalue weighted by atomic mass is 16.2. The van der Waals surface area contributed by atoms with Gasteiger partial charge in [-0.25, -0.2) is 4.98 Å². The third kappa shape index (κ3) is 4.92. The third-order valence-corrected chi connectivity index (χ3v) is 4.01. The van der Waals surface area contributed by atoms with Gasteiger partial charge in [0.1, 0.15) is 5.82 Å². The van der Waals surface area contributed by atoms with Crippen LogP contribution in [0.25, 0.3) is 0 Å². The predicted molar refractivity (Wildman–Crippen MR) is 106 cm³/mol. The van der Waals surface area contributed by atoms with E-state index in [0.717, 1.165) is 12.0 Å². The van der Waals surface area contributed by atoms with Gasteiger partial charge in [0.15, 0.2) is 0 Å². The summed E-state index contributed by atoms with van der Waals surface area (Å²) in [6, 6.07) is 19.9. The Bertz CT molecular complexity index is 924. The summed E-state index contributed by atoms with van der Waals surface area (Å²) in [4.78, 5) is 28.8. The summed E-state index contributed by atoms with van der Waals surface area (Å²) in [6.07, 6.45) is 2.13. The number of hydrogen-bond donors (Lipinski definition) is 3. The first-order chi connectivity index (χ1) is 13.1. The van der Waals surface area contributed by atoms with E-state index in [-0.39, 0.29) is 11.8 Å². The summed E-state index contributed by atoms with van der Waals surface area (Å²) in [5, 5.41) is 5.64. The first-order valence-electron chi connectivity index (χ1n) is 8.57. The van der Waals surface area contributed by atoms with Crippen molar-refractivity contribution in [1.82, 2.24) is 10.3 Å². The van der Waals surface area contributed by atoms with Crippen molar-refractivity contribution < 1.29 is 9.59 Å². The van der Waals surface area contributed by atoms with Crippen LogP contribution in [0.15, 0.2) is 72.9 Å². The van der Waals surface area contributed by atoms with Crippen molar-refractivity contribution in [3.63, 3.8) is 0 Å². The molecule has 6 heteroatoms. The zero-order valence-electron chi connectivity index (χ0n) is 14.7.